The molecule has 0 aliphatic heterocycles. The van der Waals surface area contributed by atoms with Gasteiger partial charge in [0.25, 0.3) is 0 Å². The molecule has 0 unspecified atom stereocenters. The van der Waals surface area contributed by atoms with Gasteiger partial charge in [0.05, 0.1) is 24.3 Å². The summed E-state index contributed by atoms with van der Waals surface area (Å²) in [6.45, 7) is 5.12. The maximum absolute atomic E-state index is 11.8. The van der Waals surface area contributed by atoms with Gasteiger partial charge >= 0.3 is 5.97 Å². The molecular weight excluding hydrogens is 414 g/mol. The normalized spacial score (nSPS) is 10.5. The Hall–Kier alpha value is -3.18. The summed E-state index contributed by atoms with van der Waals surface area (Å²) >= 11 is 6.49. The predicted octanol–water partition coefficient (Wildman–Crippen LogP) is 6.02. The SMILES string of the molecule is CCOC(=O)c1ccc(NCc2cc(Cl)c(OCc3ccc(C)cc3)c(OC)c2)cc1. The van der Waals surface area contributed by atoms with E-state index in [1.807, 2.05) is 55.5 Å². The highest BCUT2D eigenvalue weighted by atomic mass is 35.5. The van der Waals surface area contributed by atoms with Crippen LogP contribution in [0.5, 0.6) is 11.5 Å². The fraction of sp³-hybridized carbons (Fsp3) is 0.240. The smallest absolute Gasteiger partial charge is 0.338 e. The van der Waals surface area contributed by atoms with Crippen LogP contribution < -0.4 is 14.8 Å². The predicted molar refractivity (Wildman–Crippen MR) is 123 cm³/mol. The lowest BCUT2D eigenvalue weighted by atomic mass is 10.1. The van der Waals surface area contributed by atoms with Crippen molar-refractivity contribution in [2.75, 3.05) is 19.0 Å². The number of halogens is 1. The summed E-state index contributed by atoms with van der Waals surface area (Å²) in [5, 5.41) is 3.80. The number of esters is 1. The number of rotatable bonds is 9. The standard InChI is InChI=1S/C25H26ClNO4/c1-4-30-25(28)20-9-11-21(12-10-20)27-15-19-13-22(26)24(23(14-19)29-3)31-16-18-7-5-17(2)6-8-18/h5-14,27H,4,15-16H2,1-3H3. The van der Waals surface area contributed by atoms with E-state index >= 15 is 0 Å². The summed E-state index contributed by atoms with van der Waals surface area (Å²) in [5.74, 6) is 0.771. The molecule has 0 bridgehead atoms. The molecule has 0 aromatic heterocycles. The molecule has 0 radical (unpaired) electrons. The van der Waals surface area contributed by atoms with Crippen molar-refractivity contribution in [2.24, 2.45) is 0 Å². The van der Waals surface area contributed by atoms with Crippen molar-refractivity contribution < 1.29 is 19.0 Å². The Morgan fingerprint density at radius 2 is 1.71 bits per heavy atom. The number of carbonyl (C=O) groups excluding carboxylic acids is 1. The first-order valence-electron chi connectivity index (χ1n) is 10.1. The maximum atomic E-state index is 11.8. The van der Waals surface area contributed by atoms with Crippen LogP contribution in [0.25, 0.3) is 0 Å². The molecule has 3 aromatic carbocycles. The highest BCUT2D eigenvalue weighted by molar-refractivity contribution is 6.32. The van der Waals surface area contributed by atoms with Gasteiger partial charge in [0, 0.05) is 12.2 Å². The van der Waals surface area contributed by atoms with Gasteiger partial charge in [-0.3, -0.25) is 0 Å². The third-order valence-electron chi connectivity index (χ3n) is 4.69. The monoisotopic (exact) mass is 439 g/mol. The van der Waals surface area contributed by atoms with E-state index in [-0.39, 0.29) is 5.97 Å². The topological polar surface area (TPSA) is 56.8 Å². The van der Waals surface area contributed by atoms with E-state index in [2.05, 4.69) is 5.32 Å². The number of anilines is 1. The number of hydrogen-bond acceptors (Lipinski definition) is 5. The van der Waals surface area contributed by atoms with E-state index in [0.29, 0.717) is 41.8 Å². The van der Waals surface area contributed by atoms with Gasteiger partial charge < -0.3 is 19.5 Å². The van der Waals surface area contributed by atoms with Crippen molar-refractivity contribution in [1.82, 2.24) is 0 Å². The van der Waals surface area contributed by atoms with Gasteiger partial charge in [0.15, 0.2) is 11.5 Å². The van der Waals surface area contributed by atoms with Crippen molar-refractivity contribution in [3.63, 3.8) is 0 Å². The minimum atomic E-state index is -0.327. The van der Waals surface area contributed by atoms with Crippen LogP contribution >= 0.6 is 11.6 Å². The molecule has 31 heavy (non-hydrogen) atoms. The van der Waals surface area contributed by atoms with Crippen LogP contribution in [-0.4, -0.2) is 19.7 Å². The summed E-state index contributed by atoms with van der Waals surface area (Å²) in [7, 11) is 1.59. The first kappa shape index (κ1) is 22.5. The van der Waals surface area contributed by atoms with Gasteiger partial charge in [-0.1, -0.05) is 41.4 Å². The lowest BCUT2D eigenvalue weighted by molar-refractivity contribution is 0.0526. The molecule has 0 heterocycles. The second-order valence-corrected chi connectivity index (χ2v) is 7.44. The summed E-state index contributed by atoms with van der Waals surface area (Å²) in [4.78, 5) is 11.8. The van der Waals surface area contributed by atoms with Gasteiger partial charge in [0.2, 0.25) is 0 Å². The molecule has 3 aromatic rings. The van der Waals surface area contributed by atoms with E-state index in [9.17, 15) is 4.79 Å². The molecule has 0 amide bonds. The minimum absolute atomic E-state index is 0.327. The number of nitrogens with one attached hydrogen (secondary N) is 1. The third kappa shape index (κ3) is 6.15. The Labute approximate surface area is 187 Å². The fourth-order valence-electron chi connectivity index (χ4n) is 3.00. The largest absolute Gasteiger partial charge is 0.493 e. The Kier molecular flexibility index (Phi) is 7.79. The van der Waals surface area contributed by atoms with Gasteiger partial charge in [0.1, 0.15) is 6.61 Å². The van der Waals surface area contributed by atoms with Gasteiger partial charge in [-0.2, -0.15) is 0 Å². The van der Waals surface area contributed by atoms with Crippen molar-refractivity contribution >= 4 is 23.3 Å². The first-order valence-corrected chi connectivity index (χ1v) is 10.4. The van der Waals surface area contributed by atoms with Crippen LogP contribution in [0.1, 0.15) is 34.0 Å². The molecular formula is C25H26ClNO4. The third-order valence-corrected chi connectivity index (χ3v) is 4.97. The van der Waals surface area contributed by atoms with Crippen LogP contribution in [-0.2, 0) is 17.9 Å². The zero-order valence-corrected chi connectivity index (χ0v) is 18.7. The Morgan fingerprint density at radius 1 is 1.00 bits per heavy atom. The maximum Gasteiger partial charge on any atom is 0.338 e. The fourth-order valence-corrected chi connectivity index (χ4v) is 3.29. The number of hydrogen-bond donors (Lipinski definition) is 1. The van der Waals surface area contributed by atoms with Crippen molar-refractivity contribution in [3.05, 3.63) is 87.9 Å². The van der Waals surface area contributed by atoms with Gasteiger partial charge in [-0.25, -0.2) is 4.79 Å². The van der Waals surface area contributed by atoms with Crippen LogP contribution in [0, 0.1) is 6.92 Å². The first-order chi connectivity index (χ1) is 15.0. The zero-order chi connectivity index (χ0) is 22.2. The van der Waals surface area contributed by atoms with E-state index in [4.69, 9.17) is 25.8 Å². The van der Waals surface area contributed by atoms with Crippen molar-refractivity contribution in [2.45, 2.75) is 27.0 Å². The Bertz CT molecular complexity index is 1020. The van der Waals surface area contributed by atoms with E-state index in [1.165, 1.54) is 5.56 Å². The Morgan fingerprint density at radius 3 is 2.35 bits per heavy atom. The summed E-state index contributed by atoms with van der Waals surface area (Å²) in [5.41, 5.74) is 4.60. The summed E-state index contributed by atoms with van der Waals surface area (Å²) in [6.07, 6.45) is 0. The number of aryl methyl sites for hydroxylation is 1. The van der Waals surface area contributed by atoms with Crippen LogP contribution in [0.3, 0.4) is 0 Å². The molecule has 6 heteroatoms. The molecule has 5 nitrogen and oxygen atoms in total. The lowest BCUT2D eigenvalue weighted by Crippen LogP contribution is -2.05. The Balaban J connectivity index is 1.65. The zero-order valence-electron chi connectivity index (χ0n) is 17.9. The van der Waals surface area contributed by atoms with E-state index in [1.54, 1.807) is 26.2 Å². The number of benzene rings is 3. The average molecular weight is 440 g/mol. The van der Waals surface area contributed by atoms with Crippen LogP contribution in [0.15, 0.2) is 60.7 Å². The molecule has 0 atom stereocenters. The average Bonchev–Trinajstić information content (AvgIpc) is 2.78. The molecule has 0 saturated carbocycles. The van der Waals surface area contributed by atoms with Crippen LogP contribution in [0.4, 0.5) is 5.69 Å². The highest BCUT2D eigenvalue weighted by Crippen LogP contribution is 2.37. The molecule has 0 saturated heterocycles. The molecule has 162 valence electrons. The van der Waals surface area contributed by atoms with Crippen molar-refractivity contribution in [3.8, 4) is 11.5 Å². The molecule has 0 aliphatic rings. The second kappa shape index (κ2) is 10.7. The molecule has 0 aliphatic carbocycles. The molecule has 0 fully saturated rings. The molecule has 1 N–H and O–H groups in total. The number of ether oxygens (including phenoxy) is 3. The highest BCUT2D eigenvalue weighted by Gasteiger charge is 2.13. The molecule has 3 rings (SSSR count). The quantitative estimate of drug-likeness (QED) is 0.413. The van der Waals surface area contributed by atoms with Crippen molar-refractivity contribution in [1.29, 1.82) is 0 Å². The number of carbonyl (C=O) groups is 1. The second-order valence-electron chi connectivity index (χ2n) is 7.03. The summed E-state index contributed by atoms with van der Waals surface area (Å²) in [6, 6.07) is 19.0. The molecule has 0 spiro atoms. The van der Waals surface area contributed by atoms with Crippen LogP contribution in [0.2, 0.25) is 5.02 Å². The number of methoxy groups -OCH3 is 1. The summed E-state index contributed by atoms with van der Waals surface area (Å²) < 4.78 is 16.4. The van der Waals surface area contributed by atoms with E-state index < -0.39 is 0 Å². The van der Waals surface area contributed by atoms with Gasteiger partial charge in [-0.05, 0) is 61.4 Å². The minimum Gasteiger partial charge on any atom is -0.493 e. The van der Waals surface area contributed by atoms with E-state index in [0.717, 1.165) is 16.8 Å². The lowest BCUT2D eigenvalue weighted by Gasteiger charge is -2.15. The van der Waals surface area contributed by atoms with Gasteiger partial charge in [-0.15, -0.1) is 0 Å².